The summed E-state index contributed by atoms with van der Waals surface area (Å²) >= 11 is 0. The number of hydrogen-bond donors (Lipinski definition) is 1. The van der Waals surface area contributed by atoms with E-state index in [9.17, 15) is 14.0 Å². The number of nitrogens with zero attached hydrogens (tertiary/aromatic N) is 1. The molecule has 1 fully saturated rings. The Kier molecular flexibility index (Phi) is 4.37. The van der Waals surface area contributed by atoms with Gasteiger partial charge >= 0.3 is 5.97 Å². The molecule has 5 heteroatoms. The monoisotopic (exact) mass is 279 g/mol. The number of carboxylic acids is 1. The molecule has 1 aromatic rings. The fraction of sp³-hybridized carbons (Fsp3) is 0.467. The van der Waals surface area contributed by atoms with Gasteiger partial charge in [0.2, 0.25) is 5.91 Å². The Morgan fingerprint density at radius 3 is 2.45 bits per heavy atom. The second-order valence-electron chi connectivity index (χ2n) is 5.30. The quantitative estimate of drug-likeness (QED) is 0.920. The number of carbonyl (C=O) groups excluding carboxylic acids is 1. The minimum absolute atomic E-state index is 0.140. The summed E-state index contributed by atoms with van der Waals surface area (Å²) in [6.07, 6.45) is 1.97. The van der Waals surface area contributed by atoms with Crippen molar-refractivity contribution in [3.05, 3.63) is 35.6 Å². The third kappa shape index (κ3) is 3.15. The molecule has 0 spiro atoms. The maximum absolute atomic E-state index is 12.8. The van der Waals surface area contributed by atoms with E-state index in [0.717, 1.165) is 12.0 Å². The van der Waals surface area contributed by atoms with Crippen molar-refractivity contribution in [2.24, 2.45) is 11.8 Å². The Morgan fingerprint density at radius 1 is 1.25 bits per heavy atom. The van der Waals surface area contributed by atoms with Crippen LogP contribution in [0.5, 0.6) is 0 Å². The first kappa shape index (κ1) is 14.5. The first-order valence-electron chi connectivity index (χ1n) is 6.71. The van der Waals surface area contributed by atoms with Gasteiger partial charge in [0.1, 0.15) is 5.82 Å². The molecule has 2 rings (SSSR count). The van der Waals surface area contributed by atoms with E-state index < -0.39 is 17.8 Å². The van der Waals surface area contributed by atoms with Crippen LogP contribution < -0.4 is 0 Å². The Bertz CT molecular complexity index is 500. The molecule has 0 unspecified atom stereocenters. The number of carboxylic acid groups (broad SMARTS) is 1. The zero-order chi connectivity index (χ0) is 14.7. The number of aliphatic carboxylic acids is 1. The largest absolute Gasteiger partial charge is 0.481 e. The van der Waals surface area contributed by atoms with Gasteiger partial charge in [-0.25, -0.2) is 4.39 Å². The van der Waals surface area contributed by atoms with Gasteiger partial charge in [-0.2, -0.15) is 0 Å². The molecule has 0 aromatic heterocycles. The van der Waals surface area contributed by atoms with E-state index in [-0.39, 0.29) is 11.7 Å². The number of benzene rings is 1. The number of rotatable bonds is 4. The third-order valence-corrected chi connectivity index (χ3v) is 3.86. The molecular weight excluding hydrogens is 261 g/mol. The summed E-state index contributed by atoms with van der Waals surface area (Å²) in [6, 6.07) is 5.96. The predicted molar refractivity (Wildman–Crippen MR) is 71.3 cm³/mol. The van der Waals surface area contributed by atoms with E-state index in [0.29, 0.717) is 19.4 Å². The topological polar surface area (TPSA) is 57.6 Å². The average Bonchev–Trinajstić information content (AvgIpc) is 2.90. The second kappa shape index (κ2) is 6.03. The Hall–Kier alpha value is -1.91. The van der Waals surface area contributed by atoms with Crippen LogP contribution >= 0.6 is 0 Å². The smallest absolute Gasteiger partial charge is 0.307 e. The van der Waals surface area contributed by atoms with Crippen molar-refractivity contribution in [2.75, 3.05) is 7.05 Å². The number of carbonyl (C=O) groups is 2. The standard InChI is InChI=1S/C15H18FNO3/c1-17(9-10-5-7-11(16)8-6-10)14(18)12-3-2-4-13(12)15(19)20/h5-8,12-13H,2-4,9H2,1H3,(H,19,20)/t12-,13+/m1/s1. The van der Waals surface area contributed by atoms with Gasteiger partial charge in [0, 0.05) is 13.6 Å². The van der Waals surface area contributed by atoms with Crippen molar-refractivity contribution >= 4 is 11.9 Å². The summed E-state index contributed by atoms with van der Waals surface area (Å²) in [5.41, 5.74) is 0.826. The van der Waals surface area contributed by atoms with Crippen molar-refractivity contribution in [2.45, 2.75) is 25.8 Å². The van der Waals surface area contributed by atoms with Crippen LogP contribution in [0.2, 0.25) is 0 Å². The Balaban J connectivity index is 2.01. The summed E-state index contributed by atoms with van der Waals surface area (Å²) in [5.74, 6) is -2.35. The third-order valence-electron chi connectivity index (χ3n) is 3.86. The van der Waals surface area contributed by atoms with Gasteiger partial charge < -0.3 is 10.0 Å². The minimum Gasteiger partial charge on any atom is -0.481 e. The van der Waals surface area contributed by atoms with Crippen molar-refractivity contribution in [3.8, 4) is 0 Å². The molecule has 1 amide bonds. The van der Waals surface area contributed by atoms with Gasteiger partial charge in [0.25, 0.3) is 0 Å². The maximum atomic E-state index is 12.8. The van der Waals surface area contributed by atoms with E-state index >= 15 is 0 Å². The minimum atomic E-state index is -0.893. The van der Waals surface area contributed by atoms with E-state index in [1.165, 1.54) is 17.0 Å². The van der Waals surface area contributed by atoms with Crippen molar-refractivity contribution in [1.82, 2.24) is 4.90 Å². The Morgan fingerprint density at radius 2 is 1.85 bits per heavy atom. The highest BCUT2D eigenvalue weighted by atomic mass is 19.1. The molecule has 0 heterocycles. The summed E-state index contributed by atoms with van der Waals surface area (Å²) in [6.45, 7) is 0.363. The van der Waals surface area contributed by atoms with Crippen LogP contribution in [0.3, 0.4) is 0 Å². The normalized spacial score (nSPS) is 21.7. The molecule has 0 bridgehead atoms. The van der Waals surface area contributed by atoms with Crippen LogP contribution in [-0.4, -0.2) is 28.9 Å². The molecule has 108 valence electrons. The molecule has 1 aromatic carbocycles. The van der Waals surface area contributed by atoms with Crippen LogP contribution in [0.25, 0.3) is 0 Å². The molecule has 1 aliphatic carbocycles. The van der Waals surface area contributed by atoms with Gasteiger partial charge in [0.05, 0.1) is 11.8 Å². The highest BCUT2D eigenvalue weighted by Gasteiger charge is 2.38. The lowest BCUT2D eigenvalue weighted by Crippen LogP contribution is -2.36. The molecule has 0 radical (unpaired) electrons. The fourth-order valence-corrected chi connectivity index (χ4v) is 2.78. The maximum Gasteiger partial charge on any atom is 0.307 e. The molecule has 0 aliphatic heterocycles. The van der Waals surface area contributed by atoms with E-state index in [2.05, 4.69) is 0 Å². The van der Waals surface area contributed by atoms with Crippen molar-refractivity contribution in [1.29, 1.82) is 0 Å². The number of hydrogen-bond acceptors (Lipinski definition) is 2. The van der Waals surface area contributed by atoms with Crippen molar-refractivity contribution < 1.29 is 19.1 Å². The first-order valence-corrected chi connectivity index (χ1v) is 6.71. The molecule has 4 nitrogen and oxygen atoms in total. The molecule has 1 N–H and O–H groups in total. The molecule has 1 aliphatic rings. The predicted octanol–water partition coefficient (Wildman–Crippen LogP) is 2.29. The van der Waals surface area contributed by atoms with Gasteiger partial charge in [0.15, 0.2) is 0 Å². The first-order chi connectivity index (χ1) is 9.49. The number of amides is 1. The summed E-state index contributed by atoms with van der Waals surface area (Å²) in [5, 5.41) is 9.12. The summed E-state index contributed by atoms with van der Waals surface area (Å²) in [7, 11) is 1.66. The lowest BCUT2D eigenvalue weighted by molar-refractivity contribution is -0.148. The summed E-state index contributed by atoms with van der Waals surface area (Å²) in [4.78, 5) is 25.0. The number of halogens is 1. The van der Waals surface area contributed by atoms with Crippen LogP contribution in [-0.2, 0) is 16.1 Å². The zero-order valence-electron chi connectivity index (χ0n) is 11.4. The highest BCUT2D eigenvalue weighted by molar-refractivity contribution is 5.85. The molecule has 20 heavy (non-hydrogen) atoms. The lowest BCUT2D eigenvalue weighted by Gasteiger charge is -2.23. The van der Waals surface area contributed by atoms with E-state index in [1.807, 2.05) is 0 Å². The average molecular weight is 279 g/mol. The van der Waals surface area contributed by atoms with Crippen LogP contribution in [0.4, 0.5) is 4.39 Å². The van der Waals surface area contributed by atoms with Gasteiger partial charge in [-0.15, -0.1) is 0 Å². The molecule has 0 saturated heterocycles. The van der Waals surface area contributed by atoms with E-state index in [4.69, 9.17) is 5.11 Å². The second-order valence-corrected chi connectivity index (χ2v) is 5.30. The highest BCUT2D eigenvalue weighted by Crippen LogP contribution is 2.33. The van der Waals surface area contributed by atoms with Gasteiger partial charge in [-0.1, -0.05) is 18.6 Å². The molecule has 2 atom stereocenters. The lowest BCUT2D eigenvalue weighted by atomic mass is 9.95. The van der Waals surface area contributed by atoms with E-state index in [1.54, 1.807) is 19.2 Å². The fourth-order valence-electron chi connectivity index (χ4n) is 2.78. The zero-order valence-corrected chi connectivity index (χ0v) is 11.4. The van der Waals surface area contributed by atoms with Crippen LogP contribution in [0, 0.1) is 17.7 Å². The molecular formula is C15H18FNO3. The SMILES string of the molecule is CN(Cc1ccc(F)cc1)C(=O)[C@@H]1CCC[C@@H]1C(=O)O. The van der Waals surface area contributed by atoms with Crippen LogP contribution in [0.15, 0.2) is 24.3 Å². The summed E-state index contributed by atoms with van der Waals surface area (Å²) < 4.78 is 12.8. The molecule has 1 saturated carbocycles. The van der Waals surface area contributed by atoms with Crippen molar-refractivity contribution in [3.63, 3.8) is 0 Å². The van der Waals surface area contributed by atoms with Crippen LogP contribution in [0.1, 0.15) is 24.8 Å². The van der Waals surface area contributed by atoms with Gasteiger partial charge in [-0.05, 0) is 30.5 Å². The Labute approximate surface area is 117 Å². The van der Waals surface area contributed by atoms with Gasteiger partial charge in [-0.3, -0.25) is 9.59 Å².